The van der Waals surface area contributed by atoms with E-state index >= 15 is 0 Å². The maximum absolute atomic E-state index is 5.27. The summed E-state index contributed by atoms with van der Waals surface area (Å²) < 4.78 is 5.27. The van der Waals surface area contributed by atoms with Crippen LogP contribution in [0.2, 0.25) is 0 Å². The van der Waals surface area contributed by atoms with Gasteiger partial charge in [0.25, 0.3) is 0 Å². The SMILES string of the molecule is C=C/C(=C\C(=C/CC)OC)CCC(=C)CC.CC.CC. The molecule has 0 heterocycles. The summed E-state index contributed by atoms with van der Waals surface area (Å²) in [5, 5.41) is 0. The van der Waals surface area contributed by atoms with Crippen LogP contribution in [0.3, 0.4) is 0 Å². The van der Waals surface area contributed by atoms with Crippen LogP contribution in [0.15, 0.2) is 48.3 Å². The molecule has 0 fully saturated rings. The molecule has 118 valence electrons. The van der Waals surface area contributed by atoms with Crippen LogP contribution < -0.4 is 0 Å². The normalized spacial score (nSPS) is 10.6. The summed E-state index contributed by atoms with van der Waals surface area (Å²) in [6.07, 6.45) is 10.1. The van der Waals surface area contributed by atoms with Gasteiger partial charge in [-0.1, -0.05) is 66.3 Å². The van der Waals surface area contributed by atoms with Crippen LogP contribution in [-0.4, -0.2) is 7.11 Å². The first kappa shape index (κ1) is 23.8. The number of hydrogen-bond acceptors (Lipinski definition) is 1. The minimum Gasteiger partial charge on any atom is -0.497 e. The van der Waals surface area contributed by atoms with Crippen LogP contribution in [0.1, 0.15) is 67.2 Å². The summed E-state index contributed by atoms with van der Waals surface area (Å²) in [5.74, 6) is 0.916. The topological polar surface area (TPSA) is 9.23 Å². The minimum atomic E-state index is 0.916. The second kappa shape index (κ2) is 20.1. The van der Waals surface area contributed by atoms with Gasteiger partial charge in [-0.05, 0) is 43.4 Å². The maximum Gasteiger partial charge on any atom is 0.115 e. The van der Waals surface area contributed by atoms with Crippen LogP contribution in [0.5, 0.6) is 0 Å². The Balaban J connectivity index is -0.000000656. The molecule has 0 saturated carbocycles. The van der Waals surface area contributed by atoms with Crippen molar-refractivity contribution in [2.24, 2.45) is 0 Å². The largest absolute Gasteiger partial charge is 0.497 e. The van der Waals surface area contributed by atoms with Gasteiger partial charge < -0.3 is 4.74 Å². The fourth-order valence-electron chi connectivity index (χ4n) is 1.32. The zero-order chi connectivity index (χ0) is 16.4. The van der Waals surface area contributed by atoms with Gasteiger partial charge in [0.15, 0.2) is 0 Å². The molecule has 0 atom stereocenters. The quantitative estimate of drug-likeness (QED) is 0.269. The van der Waals surface area contributed by atoms with Gasteiger partial charge in [-0.15, -0.1) is 0 Å². The highest BCUT2D eigenvalue weighted by Crippen LogP contribution is 2.15. The molecule has 0 aromatic rings. The average molecular weight is 280 g/mol. The third-order valence-electron chi connectivity index (χ3n) is 2.50. The molecule has 0 amide bonds. The summed E-state index contributed by atoms with van der Waals surface area (Å²) in [7, 11) is 1.70. The van der Waals surface area contributed by atoms with E-state index in [0.29, 0.717) is 0 Å². The van der Waals surface area contributed by atoms with E-state index in [1.54, 1.807) is 7.11 Å². The molecule has 1 nitrogen and oxygen atoms in total. The molecule has 0 unspecified atom stereocenters. The zero-order valence-electron chi connectivity index (χ0n) is 14.9. The molecule has 0 radical (unpaired) electrons. The van der Waals surface area contributed by atoms with Crippen LogP contribution in [0, 0.1) is 0 Å². The van der Waals surface area contributed by atoms with Gasteiger partial charge in [0, 0.05) is 0 Å². The summed E-state index contributed by atoms with van der Waals surface area (Å²) in [5.41, 5.74) is 2.49. The molecule has 0 saturated heterocycles. The average Bonchev–Trinajstić information content (AvgIpc) is 2.53. The molecule has 0 aliphatic heterocycles. The molecule has 1 heteroatoms. The summed E-state index contributed by atoms with van der Waals surface area (Å²) in [6, 6.07) is 0. The Hall–Kier alpha value is -1.24. The van der Waals surface area contributed by atoms with Crippen LogP contribution >= 0.6 is 0 Å². The first-order valence-corrected chi connectivity index (χ1v) is 7.91. The molecule has 0 aliphatic rings. The van der Waals surface area contributed by atoms with Gasteiger partial charge >= 0.3 is 0 Å². The molecule has 0 spiro atoms. The van der Waals surface area contributed by atoms with E-state index in [0.717, 1.165) is 31.4 Å². The van der Waals surface area contributed by atoms with Crippen molar-refractivity contribution in [1.29, 1.82) is 0 Å². The van der Waals surface area contributed by atoms with Crippen LogP contribution in [-0.2, 0) is 4.74 Å². The standard InChI is InChI=1S/C15H24O.2C2H6/c1-6-9-15(16-5)12-14(8-3)11-10-13(4)7-2;2*1-2/h8-9,12H,3-4,6-7,10-11H2,1-2,5H3;2*1-2H3/b14-12+,15-9+;;. The highest BCUT2D eigenvalue weighted by molar-refractivity contribution is 5.26. The lowest BCUT2D eigenvalue weighted by atomic mass is 10.0. The van der Waals surface area contributed by atoms with E-state index in [1.165, 1.54) is 11.1 Å². The van der Waals surface area contributed by atoms with Crippen molar-refractivity contribution >= 4 is 0 Å². The van der Waals surface area contributed by atoms with Gasteiger partial charge in [-0.3, -0.25) is 0 Å². The molecule has 0 bridgehead atoms. The monoisotopic (exact) mass is 280 g/mol. The number of allylic oxidation sites excluding steroid dienone is 5. The fourth-order valence-corrected chi connectivity index (χ4v) is 1.32. The van der Waals surface area contributed by atoms with Crippen molar-refractivity contribution in [2.75, 3.05) is 7.11 Å². The van der Waals surface area contributed by atoms with Crippen molar-refractivity contribution < 1.29 is 4.74 Å². The van der Waals surface area contributed by atoms with Gasteiger partial charge in [0.2, 0.25) is 0 Å². The summed E-state index contributed by atoms with van der Waals surface area (Å²) >= 11 is 0. The lowest BCUT2D eigenvalue weighted by Crippen LogP contribution is -1.88. The molecular formula is C19H36O. The Labute approximate surface area is 128 Å². The Morgan fingerprint density at radius 1 is 1.05 bits per heavy atom. The Morgan fingerprint density at radius 3 is 1.95 bits per heavy atom. The molecular weight excluding hydrogens is 244 g/mol. The Morgan fingerprint density at radius 2 is 1.60 bits per heavy atom. The second-order valence-electron chi connectivity index (χ2n) is 3.75. The van der Waals surface area contributed by atoms with Gasteiger partial charge in [0.1, 0.15) is 5.76 Å². The first-order chi connectivity index (χ1) is 9.67. The smallest absolute Gasteiger partial charge is 0.115 e. The molecule has 0 aromatic carbocycles. The lowest BCUT2D eigenvalue weighted by molar-refractivity contribution is 0.305. The highest BCUT2D eigenvalue weighted by Gasteiger charge is 1.97. The highest BCUT2D eigenvalue weighted by atomic mass is 16.5. The van der Waals surface area contributed by atoms with E-state index in [2.05, 4.69) is 39.2 Å². The molecule has 0 aromatic heterocycles. The Kier molecular flexibility index (Phi) is 23.9. The maximum atomic E-state index is 5.27. The molecule has 0 rings (SSSR count). The number of ether oxygens (including phenoxy) is 1. The zero-order valence-corrected chi connectivity index (χ0v) is 14.9. The lowest BCUT2D eigenvalue weighted by Gasteiger charge is -2.06. The van der Waals surface area contributed by atoms with Crippen molar-refractivity contribution in [3.05, 3.63) is 48.3 Å². The van der Waals surface area contributed by atoms with Gasteiger partial charge in [-0.2, -0.15) is 0 Å². The third-order valence-corrected chi connectivity index (χ3v) is 2.50. The number of rotatable bonds is 8. The van der Waals surface area contributed by atoms with E-state index in [9.17, 15) is 0 Å². The number of hydrogen-bond donors (Lipinski definition) is 0. The third kappa shape index (κ3) is 14.8. The predicted octanol–water partition coefficient (Wildman–Crippen LogP) is 6.84. The fraction of sp³-hybridized carbons (Fsp3) is 0.579. The van der Waals surface area contributed by atoms with Gasteiger partial charge in [0.05, 0.1) is 7.11 Å². The van der Waals surface area contributed by atoms with Crippen molar-refractivity contribution in [3.63, 3.8) is 0 Å². The van der Waals surface area contributed by atoms with E-state index < -0.39 is 0 Å². The van der Waals surface area contributed by atoms with E-state index in [-0.39, 0.29) is 0 Å². The first-order valence-electron chi connectivity index (χ1n) is 7.91. The summed E-state index contributed by atoms with van der Waals surface area (Å²) in [6.45, 7) is 20.1. The molecule has 0 N–H and O–H groups in total. The molecule has 20 heavy (non-hydrogen) atoms. The number of methoxy groups -OCH3 is 1. The van der Waals surface area contributed by atoms with Crippen molar-refractivity contribution in [3.8, 4) is 0 Å². The molecule has 0 aliphatic carbocycles. The van der Waals surface area contributed by atoms with Crippen molar-refractivity contribution in [2.45, 2.75) is 67.2 Å². The summed E-state index contributed by atoms with van der Waals surface area (Å²) in [4.78, 5) is 0. The Bertz CT molecular complexity index is 282. The van der Waals surface area contributed by atoms with Gasteiger partial charge in [-0.25, -0.2) is 0 Å². The van der Waals surface area contributed by atoms with E-state index in [1.807, 2.05) is 33.8 Å². The van der Waals surface area contributed by atoms with Crippen LogP contribution in [0.25, 0.3) is 0 Å². The van der Waals surface area contributed by atoms with Crippen LogP contribution in [0.4, 0.5) is 0 Å². The second-order valence-corrected chi connectivity index (χ2v) is 3.75. The minimum absolute atomic E-state index is 0.916. The predicted molar refractivity (Wildman–Crippen MR) is 95.0 cm³/mol. The van der Waals surface area contributed by atoms with E-state index in [4.69, 9.17) is 4.74 Å². The van der Waals surface area contributed by atoms with Crippen molar-refractivity contribution in [1.82, 2.24) is 0 Å².